The molecule has 0 saturated heterocycles. The molecule has 0 aliphatic carbocycles. The van der Waals surface area contributed by atoms with E-state index >= 15 is 0 Å². The van der Waals surface area contributed by atoms with Gasteiger partial charge in [-0.1, -0.05) is 72.9 Å². The summed E-state index contributed by atoms with van der Waals surface area (Å²) in [6.07, 6.45) is 0. The predicted molar refractivity (Wildman–Crippen MR) is 128 cm³/mol. The fraction of sp³-hybridized carbons (Fsp3) is 0.308. The van der Waals surface area contributed by atoms with Gasteiger partial charge in [-0.3, -0.25) is 0 Å². The highest BCUT2D eigenvalue weighted by atomic mass is 15.2. The number of rotatable bonds is 10. The molecule has 2 heteroatoms. The van der Waals surface area contributed by atoms with Crippen LogP contribution in [-0.2, 0) is 0 Å². The maximum Gasteiger partial charge on any atom is 0.0472 e. The largest absolute Gasteiger partial charge is 0.363 e. The Labute approximate surface area is 171 Å². The monoisotopic (exact) mass is 374 g/mol. The Kier molecular flexibility index (Phi) is 7.28. The van der Waals surface area contributed by atoms with E-state index in [2.05, 4.69) is 100 Å². The van der Waals surface area contributed by atoms with Gasteiger partial charge < -0.3 is 9.80 Å². The van der Waals surface area contributed by atoms with Crippen molar-refractivity contribution in [3.05, 3.63) is 85.0 Å². The second kappa shape index (κ2) is 9.45. The topological polar surface area (TPSA) is 6.48 Å². The third kappa shape index (κ3) is 5.63. The van der Waals surface area contributed by atoms with Crippen LogP contribution >= 0.6 is 0 Å². The van der Waals surface area contributed by atoms with Crippen LogP contribution in [-0.4, -0.2) is 26.2 Å². The highest BCUT2D eigenvalue weighted by molar-refractivity contribution is 6.04. The lowest BCUT2D eigenvalue weighted by molar-refractivity contribution is 0.889. The third-order valence-corrected chi connectivity index (χ3v) is 4.39. The SMILES string of the molecule is C=C(C)CN(CC(=C)C)c1cccc2cccc(N(CC(=C)C)CC(=C)C)c12. The normalized spacial score (nSPS) is 10.6. The van der Waals surface area contributed by atoms with Crippen molar-refractivity contribution in [1.82, 2.24) is 0 Å². The minimum absolute atomic E-state index is 0.807. The Morgan fingerprint density at radius 1 is 0.607 bits per heavy atom. The molecule has 0 saturated carbocycles. The first-order valence-corrected chi connectivity index (χ1v) is 9.78. The highest BCUT2D eigenvalue weighted by Gasteiger charge is 2.17. The van der Waals surface area contributed by atoms with Gasteiger partial charge in [-0.15, -0.1) is 0 Å². The van der Waals surface area contributed by atoms with Crippen molar-refractivity contribution in [2.24, 2.45) is 0 Å². The average molecular weight is 375 g/mol. The lowest BCUT2D eigenvalue weighted by Crippen LogP contribution is -2.29. The van der Waals surface area contributed by atoms with Crippen molar-refractivity contribution in [2.75, 3.05) is 36.0 Å². The molecule has 0 heterocycles. The van der Waals surface area contributed by atoms with E-state index in [1.807, 2.05) is 0 Å². The molecule has 148 valence electrons. The van der Waals surface area contributed by atoms with Gasteiger partial charge in [0.15, 0.2) is 0 Å². The number of hydrogen-bond donors (Lipinski definition) is 0. The fourth-order valence-electron chi connectivity index (χ4n) is 3.58. The zero-order valence-corrected chi connectivity index (χ0v) is 18.0. The molecule has 2 nitrogen and oxygen atoms in total. The highest BCUT2D eigenvalue weighted by Crippen LogP contribution is 2.36. The average Bonchev–Trinajstić information content (AvgIpc) is 2.58. The van der Waals surface area contributed by atoms with E-state index in [0.29, 0.717) is 0 Å². The Hall–Kier alpha value is -2.74. The zero-order chi connectivity index (χ0) is 20.8. The quantitative estimate of drug-likeness (QED) is 0.424. The van der Waals surface area contributed by atoms with Crippen molar-refractivity contribution in [3.8, 4) is 0 Å². The summed E-state index contributed by atoms with van der Waals surface area (Å²) in [7, 11) is 0. The molecule has 0 radical (unpaired) electrons. The lowest BCUT2D eigenvalue weighted by Gasteiger charge is -2.31. The summed E-state index contributed by atoms with van der Waals surface area (Å²) in [5.74, 6) is 0. The second-order valence-corrected chi connectivity index (χ2v) is 8.19. The molecule has 0 N–H and O–H groups in total. The molecule has 0 spiro atoms. The first kappa shape index (κ1) is 21.6. The van der Waals surface area contributed by atoms with Crippen LogP contribution in [0.3, 0.4) is 0 Å². The summed E-state index contributed by atoms with van der Waals surface area (Å²) in [4.78, 5) is 4.74. The van der Waals surface area contributed by atoms with E-state index < -0.39 is 0 Å². The number of fused-ring (bicyclic) bond motifs is 1. The van der Waals surface area contributed by atoms with E-state index in [9.17, 15) is 0 Å². The minimum atomic E-state index is 0.807. The predicted octanol–water partition coefficient (Wildman–Crippen LogP) is 6.76. The van der Waals surface area contributed by atoms with Crippen LogP contribution in [0.15, 0.2) is 85.0 Å². The maximum absolute atomic E-state index is 4.14. The van der Waals surface area contributed by atoms with Crippen LogP contribution < -0.4 is 9.80 Å². The molecule has 28 heavy (non-hydrogen) atoms. The van der Waals surface area contributed by atoms with Crippen LogP contribution in [0.1, 0.15) is 27.7 Å². The summed E-state index contributed by atoms with van der Waals surface area (Å²) < 4.78 is 0. The molecule has 0 aliphatic heterocycles. The number of benzene rings is 2. The molecule has 0 unspecified atom stereocenters. The Balaban J connectivity index is 2.70. The zero-order valence-electron chi connectivity index (χ0n) is 18.0. The fourth-order valence-corrected chi connectivity index (χ4v) is 3.58. The van der Waals surface area contributed by atoms with E-state index in [4.69, 9.17) is 0 Å². The van der Waals surface area contributed by atoms with Crippen molar-refractivity contribution < 1.29 is 0 Å². The van der Waals surface area contributed by atoms with Gasteiger partial charge in [0.1, 0.15) is 0 Å². The Morgan fingerprint density at radius 3 is 1.21 bits per heavy atom. The van der Waals surface area contributed by atoms with Crippen LogP contribution in [0.4, 0.5) is 11.4 Å². The first-order valence-electron chi connectivity index (χ1n) is 9.78. The smallest absolute Gasteiger partial charge is 0.0472 e. The molecular formula is C26H34N2. The number of nitrogens with zero attached hydrogens (tertiary/aromatic N) is 2. The van der Waals surface area contributed by atoms with E-state index in [-0.39, 0.29) is 0 Å². The summed E-state index contributed by atoms with van der Waals surface area (Å²) in [5, 5.41) is 2.49. The maximum atomic E-state index is 4.14. The molecule has 2 aromatic carbocycles. The molecule has 2 aromatic rings. The van der Waals surface area contributed by atoms with E-state index in [1.165, 1.54) is 22.1 Å². The van der Waals surface area contributed by atoms with Crippen molar-refractivity contribution in [1.29, 1.82) is 0 Å². The standard InChI is InChI=1S/C26H34N2/c1-19(2)15-27(16-20(3)4)24-13-9-11-23-12-10-14-25(26(23)24)28(17-21(5)6)18-22(7)8/h9-14H,1,3,5,7,15-18H2,2,4,6,8H3. The van der Waals surface area contributed by atoms with Gasteiger partial charge >= 0.3 is 0 Å². The van der Waals surface area contributed by atoms with E-state index in [0.717, 1.165) is 48.5 Å². The van der Waals surface area contributed by atoms with Crippen molar-refractivity contribution >= 4 is 22.1 Å². The van der Waals surface area contributed by atoms with Gasteiger partial charge in [0.05, 0.1) is 0 Å². The van der Waals surface area contributed by atoms with Gasteiger partial charge in [-0.05, 0) is 45.2 Å². The minimum Gasteiger partial charge on any atom is -0.363 e. The van der Waals surface area contributed by atoms with Gasteiger partial charge in [0, 0.05) is 42.9 Å². The lowest BCUT2D eigenvalue weighted by atomic mass is 10.0. The van der Waals surface area contributed by atoms with Gasteiger partial charge in [-0.25, -0.2) is 0 Å². The third-order valence-electron chi connectivity index (χ3n) is 4.39. The Morgan fingerprint density at radius 2 is 0.929 bits per heavy atom. The second-order valence-electron chi connectivity index (χ2n) is 8.19. The van der Waals surface area contributed by atoms with E-state index in [1.54, 1.807) is 0 Å². The molecule has 2 rings (SSSR count). The van der Waals surface area contributed by atoms with Gasteiger partial charge in [-0.2, -0.15) is 0 Å². The van der Waals surface area contributed by atoms with Crippen LogP contribution in [0.5, 0.6) is 0 Å². The van der Waals surface area contributed by atoms with Crippen LogP contribution in [0.25, 0.3) is 10.8 Å². The summed E-state index contributed by atoms with van der Waals surface area (Å²) >= 11 is 0. The molecule has 0 aromatic heterocycles. The van der Waals surface area contributed by atoms with Gasteiger partial charge in [0.2, 0.25) is 0 Å². The molecule has 0 bridgehead atoms. The summed E-state index contributed by atoms with van der Waals surface area (Å²) in [6.45, 7) is 28.1. The van der Waals surface area contributed by atoms with Crippen LogP contribution in [0, 0.1) is 0 Å². The molecule has 0 amide bonds. The number of hydrogen-bond acceptors (Lipinski definition) is 2. The molecule has 0 atom stereocenters. The first-order chi connectivity index (χ1) is 13.2. The summed E-state index contributed by atoms with van der Waals surface area (Å²) in [6, 6.07) is 13.0. The number of anilines is 2. The van der Waals surface area contributed by atoms with Crippen molar-refractivity contribution in [2.45, 2.75) is 27.7 Å². The summed E-state index contributed by atoms with van der Waals surface area (Å²) in [5.41, 5.74) is 6.97. The molecular weight excluding hydrogens is 340 g/mol. The Bertz CT molecular complexity index is 801. The van der Waals surface area contributed by atoms with Gasteiger partial charge in [0.25, 0.3) is 0 Å². The van der Waals surface area contributed by atoms with Crippen molar-refractivity contribution in [3.63, 3.8) is 0 Å². The van der Waals surface area contributed by atoms with Crippen LogP contribution in [0.2, 0.25) is 0 Å². The molecule has 0 aliphatic rings. The molecule has 0 fully saturated rings.